The van der Waals surface area contributed by atoms with Gasteiger partial charge in [-0.05, 0) is 45.6 Å². The first-order valence-electron chi connectivity index (χ1n) is 10.9. The van der Waals surface area contributed by atoms with Gasteiger partial charge in [-0.25, -0.2) is 14.8 Å². The highest BCUT2D eigenvalue weighted by atomic mass is 35.5. The Kier molecular flexibility index (Phi) is 6.29. The van der Waals surface area contributed by atoms with Crippen LogP contribution >= 0.6 is 11.6 Å². The molecule has 4 rings (SSSR count). The summed E-state index contributed by atoms with van der Waals surface area (Å²) in [5, 5.41) is 9.47. The minimum Gasteiger partial charge on any atom is -0.477 e. The first-order valence-corrected chi connectivity index (χ1v) is 11.2. The SMILES string of the molecule is Cc1c(OCC23CCN(C(=O)OC(C)C)CC2C3)ncnc1OC1CC=C(C#N)C=C1Cl. The highest BCUT2D eigenvalue weighted by Gasteiger charge is 2.58. The molecule has 1 amide bonds. The third-order valence-corrected chi connectivity index (χ3v) is 6.65. The molecule has 0 aromatic carbocycles. The van der Waals surface area contributed by atoms with Crippen LogP contribution < -0.4 is 9.47 Å². The molecule has 0 N–H and O–H groups in total. The number of aromatic nitrogens is 2. The topological polar surface area (TPSA) is 97.6 Å². The third-order valence-electron chi connectivity index (χ3n) is 6.30. The van der Waals surface area contributed by atoms with Crippen LogP contribution in [0.3, 0.4) is 0 Å². The first kappa shape index (κ1) is 22.4. The van der Waals surface area contributed by atoms with Gasteiger partial charge in [-0.1, -0.05) is 17.7 Å². The number of amides is 1. The summed E-state index contributed by atoms with van der Waals surface area (Å²) < 4.78 is 17.4. The van der Waals surface area contributed by atoms with Crippen LogP contribution in [0.2, 0.25) is 0 Å². The Balaban J connectivity index is 1.34. The van der Waals surface area contributed by atoms with Crippen LogP contribution in [-0.4, -0.2) is 52.9 Å². The second kappa shape index (κ2) is 8.99. The average Bonchev–Trinajstić information content (AvgIpc) is 3.49. The van der Waals surface area contributed by atoms with E-state index in [1.54, 1.807) is 17.1 Å². The quantitative estimate of drug-likeness (QED) is 0.631. The van der Waals surface area contributed by atoms with Crippen LogP contribution in [0.5, 0.6) is 11.8 Å². The monoisotopic (exact) mass is 458 g/mol. The van der Waals surface area contributed by atoms with E-state index < -0.39 is 6.10 Å². The van der Waals surface area contributed by atoms with Crippen molar-refractivity contribution < 1.29 is 19.0 Å². The van der Waals surface area contributed by atoms with Gasteiger partial charge in [0.1, 0.15) is 12.4 Å². The number of carbonyl (C=O) groups excluding carboxylic acids is 1. The predicted octanol–water partition coefficient (Wildman–Crippen LogP) is 4.14. The summed E-state index contributed by atoms with van der Waals surface area (Å²) in [6.07, 6.45) is 6.49. The Morgan fingerprint density at radius 2 is 2.19 bits per heavy atom. The Morgan fingerprint density at radius 3 is 2.88 bits per heavy atom. The van der Waals surface area contributed by atoms with Gasteiger partial charge >= 0.3 is 6.09 Å². The van der Waals surface area contributed by atoms with Crippen molar-refractivity contribution >= 4 is 17.7 Å². The second-order valence-corrected chi connectivity index (χ2v) is 9.37. The molecule has 1 saturated carbocycles. The molecular formula is C23H27ClN4O4. The van der Waals surface area contributed by atoms with Crippen molar-refractivity contribution in [3.63, 3.8) is 0 Å². The van der Waals surface area contributed by atoms with Crippen LogP contribution in [0.15, 0.2) is 29.1 Å². The number of rotatable bonds is 6. The molecule has 3 atom stereocenters. The average molecular weight is 459 g/mol. The van der Waals surface area contributed by atoms with Crippen LogP contribution in [-0.2, 0) is 4.74 Å². The third kappa shape index (κ3) is 4.68. The molecule has 0 bridgehead atoms. The summed E-state index contributed by atoms with van der Waals surface area (Å²) >= 11 is 6.28. The van der Waals surface area contributed by atoms with Crippen LogP contribution in [0.25, 0.3) is 0 Å². The Bertz CT molecular complexity index is 1000. The fourth-order valence-electron chi connectivity index (χ4n) is 4.26. The van der Waals surface area contributed by atoms with E-state index in [0.29, 0.717) is 60.0 Å². The van der Waals surface area contributed by atoms with Crippen molar-refractivity contribution in [1.82, 2.24) is 14.9 Å². The molecule has 1 aromatic rings. The van der Waals surface area contributed by atoms with Crippen molar-refractivity contribution in [2.45, 2.75) is 52.2 Å². The van der Waals surface area contributed by atoms with Crippen molar-refractivity contribution in [1.29, 1.82) is 5.26 Å². The Labute approximate surface area is 192 Å². The van der Waals surface area contributed by atoms with E-state index >= 15 is 0 Å². The summed E-state index contributed by atoms with van der Waals surface area (Å²) in [6.45, 7) is 7.49. The lowest BCUT2D eigenvalue weighted by molar-refractivity contribution is 0.0586. The molecule has 8 nitrogen and oxygen atoms in total. The lowest BCUT2D eigenvalue weighted by Gasteiger charge is -2.31. The molecule has 3 aliphatic rings. The molecule has 1 saturated heterocycles. The summed E-state index contributed by atoms with van der Waals surface area (Å²) in [7, 11) is 0. The molecule has 2 heterocycles. The Morgan fingerprint density at radius 1 is 1.41 bits per heavy atom. The number of ether oxygens (including phenoxy) is 3. The maximum Gasteiger partial charge on any atom is 0.410 e. The number of allylic oxidation sites excluding steroid dienone is 2. The van der Waals surface area contributed by atoms with Crippen molar-refractivity contribution in [2.24, 2.45) is 11.3 Å². The smallest absolute Gasteiger partial charge is 0.410 e. The Hall–Kier alpha value is -2.79. The molecule has 0 radical (unpaired) electrons. The van der Waals surface area contributed by atoms with Gasteiger partial charge in [-0.2, -0.15) is 5.26 Å². The van der Waals surface area contributed by atoms with E-state index in [0.717, 1.165) is 12.8 Å². The van der Waals surface area contributed by atoms with Crippen molar-refractivity contribution in [3.05, 3.63) is 34.6 Å². The molecular weight excluding hydrogens is 432 g/mol. The fourth-order valence-corrected chi connectivity index (χ4v) is 4.51. The van der Waals surface area contributed by atoms with Crippen molar-refractivity contribution in [3.8, 4) is 17.8 Å². The van der Waals surface area contributed by atoms with Gasteiger partial charge in [0.2, 0.25) is 11.8 Å². The highest BCUT2D eigenvalue weighted by molar-refractivity contribution is 6.30. The van der Waals surface area contributed by atoms with Gasteiger partial charge in [0.15, 0.2) is 0 Å². The summed E-state index contributed by atoms with van der Waals surface area (Å²) in [5.74, 6) is 1.32. The van der Waals surface area contributed by atoms with Crippen LogP contribution in [0.1, 0.15) is 38.7 Å². The van der Waals surface area contributed by atoms with Gasteiger partial charge in [0.05, 0.1) is 29.4 Å². The zero-order chi connectivity index (χ0) is 22.9. The number of fused-ring (bicyclic) bond motifs is 1. The van der Waals surface area contributed by atoms with E-state index in [4.69, 9.17) is 31.1 Å². The highest BCUT2D eigenvalue weighted by Crippen LogP contribution is 2.58. The molecule has 2 aliphatic carbocycles. The molecule has 3 unspecified atom stereocenters. The normalized spacial score (nSPS) is 26.4. The van der Waals surface area contributed by atoms with Gasteiger partial charge in [0, 0.05) is 30.5 Å². The predicted molar refractivity (Wildman–Crippen MR) is 117 cm³/mol. The molecule has 2 fully saturated rings. The van der Waals surface area contributed by atoms with E-state index in [-0.39, 0.29) is 17.6 Å². The number of hydrogen-bond acceptors (Lipinski definition) is 7. The summed E-state index contributed by atoms with van der Waals surface area (Å²) in [4.78, 5) is 22.5. The number of hydrogen-bond donors (Lipinski definition) is 0. The number of halogens is 1. The fraction of sp³-hybridized carbons (Fsp3) is 0.565. The zero-order valence-corrected chi connectivity index (χ0v) is 19.3. The maximum absolute atomic E-state index is 12.2. The van der Waals surface area contributed by atoms with E-state index in [2.05, 4.69) is 16.0 Å². The molecule has 32 heavy (non-hydrogen) atoms. The van der Waals surface area contributed by atoms with E-state index in [1.165, 1.54) is 6.33 Å². The number of nitriles is 1. The van der Waals surface area contributed by atoms with Crippen molar-refractivity contribution in [2.75, 3.05) is 19.7 Å². The van der Waals surface area contributed by atoms with E-state index in [1.807, 2.05) is 20.8 Å². The lowest BCUT2D eigenvalue weighted by Crippen LogP contribution is -2.41. The number of nitrogens with zero attached hydrogens (tertiary/aromatic N) is 4. The lowest BCUT2D eigenvalue weighted by atomic mass is 9.96. The molecule has 1 aliphatic heterocycles. The van der Waals surface area contributed by atoms with E-state index in [9.17, 15) is 4.79 Å². The molecule has 0 spiro atoms. The first-order chi connectivity index (χ1) is 15.3. The van der Waals surface area contributed by atoms with Crippen LogP contribution in [0.4, 0.5) is 4.79 Å². The van der Waals surface area contributed by atoms with Gasteiger partial charge < -0.3 is 19.1 Å². The largest absolute Gasteiger partial charge is 0.477 e. The molecule has 170 valence electrons. The minimum absolute atomic E-state index is 0.0843. The molecule has 9 heteroatoms. The second-order valence-electron chi connectivity index (χ2n) is 8.93. The van der Waals surface area contributed by atoms with Gasteiger partial charge in [-0.15, -0.1) is 0 Å². The van der Waals surface area contributed by atoms with Gasteiger partial charge in [-0.3, -0.25) is 0 Å². The van der Waals surface area contributed by atoms with Crippen LogP contribution in [0, 0.1) is 29.6 Å². The number of likely N-dealkylation sites (tertiary alicyclic amines) is 1. The summed E-state index contributed by atoms with van der Waals surface area (Å²) in [5.41, 5.74) is 1.32. The maximum atomic E-state index is 12.2. The number of carbonyl (C=O) groups is 1. The standard InChI is InChI=1S/C23H27ClN4O4/c1-14(2)31-22(29)28-7-6-23(9-17(23)11-28)12-30-20-15(3)21(27-13-26-20)32-19-5-4-16(10-25)8-18(19)24/h4,8,13-14,17,19H,5-7,9,11-12H2,1-3H3. The minimum atomic E-state index is -0.392. The zero-order valence-electron chi connectivity index (χ0n) is 18.5. The number of piperidine rings is 1. The van der Waals surface area contributed by atoms with Gasteiger partial charge in [0.25, 0.3) is 0 Å². The molecule has 1 aromatic heterocycles. The summed E-state index contributed by atoms with van der Waals surface area (Å²) in [6, 6.07) is 2.08.